The molecular formula is C24H20F4N6O2. The third-order valence-electron chi connectivity index (χ3n) is 5.07. The van der Waals surface area contributed by atoms with Crippen molar-refractivity contribution in [1.82, 2.24) is 9.99 Å². The zero-order valence-corrected chi connectivity index (χ0v) is 18.5. The Kier molecular flexibility index (Phi) is 7.88. The molecule has 0 radical (unpaired) electrons. The Morgan fingerprint density at radius 3 is 2.33 bits per heavy atom. The first-order valence-corrected chi connectivity index (χ1v) is 10.2. The topological polar surface area (TPSA) is 130 Å². The number of hydrogen-bond donors (Lipinski definition) is 4. The van der Waals surface area contributed by atoms with E-state index in [2.05, 4.69) is 27.2 Å². The summed E-state index contributed by atoms with van der Waals surface area (Å²) < 4.78 is 59.2. The fourth-order valence-electron chi connectivity index (χ4n) is 3.30. The van der Waals surface area contributed by atoms with E-state index in [-0.39, 0.29) is 5.56 Å². The first kappa shape index (κ1) is 26.1. The van der Waals surface area contributed by atoms with Crippen molar-refractivity contribution in [2.75, 3.05) is 11.9 Å². The number of anilines is 1. The van der Waals surface area contributed by atoms with E-state index in [9.17, 15) is 18.7 Å². The highest BCUT2D eigenvalue weighted by Crippen LogP contribution is 2.45. The molecule has 3 rings (SSSR count). The number of halogens is 4. The van der Waals surface area contributed by atoms with Crippen LogP contribution in [0.5, 0.6) is 0 Å². The maximum atomic E-state index is 15.7. The van der Waals surface area contributed by atoms with Crippen LogP contribution in [0.15, 0.2) is 65.9 Å². The van der Waals surface area contributed by atoms with Crippen molar-refractivity contribution >= 4 is 18.4 Å². The van der Waals surface area contributed by atoms with Gasteiger partial charge in [0.05, 0.1) is 6.54 Å². The smallest absolute Gasteiger partial charge is 0.323 e. The van der Waals surface area contributed by atoms with Crippen LogP contribution in [-0.2, 0) is 16.3 Å². The molecule has 6 N–H and O–H groups in total. The second-order valence-electron chi connectivity index (χ2n) is 7.52. The Balaban J connectivity index is 1.95. The van der Waals surface area contributed by atoms with Gasteiger partial charge in [-0.05, 0) is 48.5 Å². The number of hydrazone groups is 1. The molecule has 8 nitrogen and oxygen atoms in total. The number of nitrogens with zero attached hydrogens (tertiary/aromatic N) is 3. The van der Waals surface area contributed by atoms with Crippen LogP contribution < -0.4 is 17.0 Å². The van der Waals surface area contributed by atoms with Crippen molar-refractivity contribution in [3.8, 4) is 11.8 Å². The predicted octanol–water partition coefficient (Wildman–Crippen LogP) is 2.39. The third kappa shape index (κ3) is 5.60. The lowest BCUT2D eigenvalue weighted by atomic mass is 9.84. The van der Waals surface area contributed by atoms with E-state index in [0.717, 1.165) is 24.7 Å². The molecule has 1 heterocycles. The fraction of sp³-hybridized carbons (Fsp3) is 0.125. The molecule has 0 aliphatic rings. The largest absolute Gasteiger partial charge is 0.377 e. The van der Waals surface area contributed by atoms with Gasteiger partial charge in [0.25, 0.3) is 0 Å². The minimum absolute atomic E-state index is 0.275. The molecule has 2 aromatic carbocycles. The van der Waals surface area contributed by atoms with Gasteiger partial charge in [-0.3, -0.25) is 14.8 Å². The summed E-state index contributed by atoms with van der Waals surface area (Å²) in [6.45, 7) is -1.07. The highest BCUT2D eigenvalue weighted by molar-refractivity contribution is 5.71. The number of carbonyl (C=O) groups excluding carboxylic acids is 1. The van der Waals surface area contributed by atoms with Crippen LogP contribution in [0.25, 0.3) is 0 Å². The number of hydrogen-bond acceptors (Lipinski definition) is 6. The molecule has 0 aliphatic carbocycles. The zero-order valence-electron chi connectivity index (χ0n) is 18.5. The molecule has 0 saturated carbocycles. The average molecular weight is 500 g/mol. The summed E-state index contributed by atoms with van der Waals surface area (Å²) in [5.41, 5.74) is -3.68. The van der Waals surface area contributed by atoms with Gasteiger partial charge >= 0.3 is 5.92 Å². The monoisotopic (exact) mass is 500 g/mol. The Labute approximate surface area is 203 Å². The van der Waals surface area contributed by atoms with E-state index in [1.54, 1.807) is 24.3 Å². The molecule has 1 atom stereocenters. The van der Waals surface area contributed by atoms with Crippen LogP contribution in [0.1, 0.15) is 22.4 Å². The lowest BCUT2D eigenvalue weighted by molar-refractivity contribution is -0.203. The summed E-state index contributed by atoms with van der Waals surface area (Å²) in [4.78, 5) is 14.2. The second kappa shape index (κ2) is 10.9. The van der Waals surface area contributed by atoms with Crippen molar-refractivity contribution in [1.29, 1.82) is 0 Å². The molecule has 1 unspecified atom stereocenters. The van der Waals surface area contributed by atoms with Crippen LogP contribution in [-0.4, -0.2) is 34.4 Å². The number of nitrogens with two attached hydrogens (primary N) is 2. The van der Waals surface area contributed by atoms with E-state index >= 15 is 8.78 Å². The SMILES string of the molecule is N/N=C\N(N)CC(O)(c1ccc(F)cc1F)C(F)(F)c1ccc(C#Cc2ccc(NC=O)cc2)cn1. The number of aliphatic hydroxyl groups is 1. The average Bonchev–Trinajstić information content (AvgIpc) is 2.84. The number of rotatable bonds is 8. The number of hydrazine groups is 1. The molecule has 0 saturated heterocycles. The third-order valence-corrected chi connectivity index (χ3v) is 5.07. The van der Waals surface area contributed by atoms with E-state index in [0.29, 0.717) is 34.8 Å². The fourth-order valence-corrected chi connectivity index (χ4v) is 3.30. The summed E-state index contributed by atoms with van der Waals surface area (Å²) in [6, 6.07) is 10.5. The summed E-state index contributed by atoms with van der Waals surface area (Å²) in [7, 11) is 0. The Morgan fingerprint density at radius 1 is 1.08 bits per heavy atom. The number of alkyl halides is 2. The normalized spacial score (nSPS) is 12.9. The second-order valence-corrected chi connectivity index (χ2v) is 7.52. The highest BCUT2D eigenvalue weighted by Gasteiger charge is 2.58. The van der Waals surface area contributed by atoms with E-state index in [4.69, 9.17) is 11.7 Å². The van der Waals surface area contributed by atoms with Crippen molar-refractivity contribution in [2.45, 2.75) is 11.5 Å². The highest BCUT2D eigenvalue weighted by atomic mass is 19.3. The van der Waals surface area contributed by atoms with Gasteiger partial charge in [-0.15, -0.1) is 0 Å². The maximum absolute atomic E-state index is 15.7. The first-order chi connectivity index (χ1) is 17.1. The molecule has 0 aliphatic heterocycles. The quantitative estimate of drug-likeness (QED) is 0.0715. The van der Waals surface area contributed by atoms with Crippen molar-refractivity contribution in [3.63, 3.8) is 0 Å². The summed E-state index contributed by atoms with van der Waals surface area (Å²) in [5, 5.41) is 17.2. The van der Waals surface area contributed by atoms with Gasteiger partial charge in [0.1, 0.15) is 23.7 Å². The molecule has 1 amide bonds. The molecule has 0 spiro atoms. The summed E-state index contributed by atoms with van der Waals surface area (Å²) in [6.07, 6.45) is 2.34. The summed E-state index contributed by atoms with van der Waals surface area (Å²) in [5.74, 6) is 9.47. The van der Waals surface area contributed by atoms with Gasteiger partial charge in [-0.25, -0.2) is 14.6 Å². The Morgan fingerprint density at radius 2 is 1.75 bits per heavy atom. The van der Waals surface area contributed by atoms with Crippen LogP contribution in [0, 0.1) is 23.5 Å². The van der Waals surface area contributed by atoms with Crippen LogP contribution in [0.3, 0.4) is 0 Å². The number of nitrogens with one attached hydrogen (secondary N) is 1. The van der Waals surface area contributed by atoms with Gasteiger partial charge in [0, 0.05) is 34.6 Å². The van der Waals surface area contributed by atoms with Gasteiger partial charge in [0.2, 0.25) is 6.41 Å². The molecule has 1 aromatic heterocycles. The van der Waals surface area contributed by atoms with Gasteiger partial charge in [0.15, 0.2) is 5.60 Å². The number of carbonyl (C=O) groups is 1. The molecular weight excluding hydrogens is 480 g/mol. The van der Waals surface area contributed by atoms with Crippen molar-refractivity contribution in [3.05, 3.63) is 94.8 Å². The predicted molar refractivity (Wildman–Crippen MR) is 124 cm³/mol. The minimum Gasteiger partial charge on any atom is -0.377 e. The van der Waals surface area contributed by atoms with Crippen molar-refractivity contribution < 1.29 is 27.5 Å². The zero-order chi connectivity index (χ0) is 26.3. The van der Waals surface area contributed by atoms with Crippen LogP contribution in [0.2, 0.25) is 0 Å². The Bertz CT molecular complexity index is 1310. The molecule has 3 aromatic rings. The van der Waals surface area contributed by atoms with Crippen molar-refractivity contribution in [2.24, 2.45) is 16.8 Å². The van der Waals surface area contributed by atoms with E-state index in [1.807, 2.05) is 0 Å². The number of pyridine rings is 1. The van der Waals surface area contributed by atoms with Gasteiger partial charge < -0.3 is 16.3 Å². The van der Waals surface area contributed by atoms with Crippen LogP contribution in [0.4, 0.5) is 23.2 Å². The maximum Gasteiger partial charge on any atom is 0.323 e. The number of aromatic nitrogens is 1. The van der Waals surface area contributed by atoms with E-state index < -0.39 is 41.0 Å². The van der Waals surface area contributed by atoms with Gasteiger partial charge in [-0.2, -0.15) is 13.9 Å². The van der Waals surface area contributed by atoms with Crippen LogP contribution >= 0.6 is 0 Å². The number of benzene rings is 2. The van der Waals surface area contributed by atoms with E-state index in [1.165, 1.54) is 6.07 Å². The molecule has 0 bridgehead atoms. The van der Waals surface area contributed by atoms with Gasteiger partial charge in [-0.1, -0.05) is 11.8 Å². The number of amides is 1. The lowest BCUT2D eigenvalue weighted by Crippen LogP contribution is -2.53. The lowest BCUT2D eigenvalue weighted by Gasteiger charge is -2.37. The standard InChI is InChI=1S/C24H20F4N6O2/c25-18-6-9-20(21(26)11-18)23(36,13-34(30)14-33-29)24(27,28)22-10-5-17(12-31-22)2-1-16-3-7-19(8-4-16)32-15-35/h3-12,14-15,36H,13,29-30H2,(H,32,35)/b33-14-. The first-order valence-electron chi connectivity index (χ1n) is 10.2. The minimum atomic E-state index is -4.21. The molecule has 186 valence electrons. The molecule has 12 heteroatoms. The summed E-state index contributed by atoms with van der Waals surface area (Å²) >= 11 is 0. The Hall–Kier alpha value is -4.47. The molecule has 0 fully saturated rings. The molecule has 36 heavy (non-hydrogen) atoms.